The molecule has 0 spiro atoms. The third-order valence-electron chi connectivity index (χ3n) is 4.35. The molecule has 0 unspecified atom stereocenters. The fraction of sp³-hybridized carbons (Fsp3) is 0.278. The number of methoxy groups -OCH3 is 2. The minimum atomic E-state index is -0.222. The number of amides is 2. The highest BCUT2D eigenvalue weighted by atomic mass is 16.5. The molecule has 9 nitrogen and oxygen atoms in total. The second-order valence-corrected chi connectivity index (χ2v) is 6.03. The highest BCUT2D eigenvalue weighted by molar-refractivity contribution is 5.91. The first-order valence-electron chi connectivity index (χ1n) is 8.33. The Kier molecular flexibility index (Phi) is 4.41. The van der Waals surface area contributed by atoms with Gasteiger partial charge in [0.1, 0.15) is 11.5 Å². The first-order chi connectivity index (χ1) is 13.2. The number of carbonyl (C=O) groups is 1. The van der Waals surface area contributed by atoms with Gasteiger partial charge in [0.15, 0.2) is 5.76 Å². The molecular weight excluding hydrogens is 352 g/mol. The summed E-state index contributed by atoms with van der Waals surface area (Å²) in [5.41, 5.74) is 0.574. The van der Waals surface area contributed by atoms with Crippen molar-refractivity contribution in [3.63, 3.8) is 0 Å². The van der Waals surface area contributed by atoms with Crippen LogP contribution in [0.25, 0.3) is 11.6 Å². The number of likely N-dealkylation sites (tertiary alicyclic amines) is 1. The van der Waals surface area contributed by atoms with Crippen molar-refractivity contribution in [1.82, 2.24) is 15.0 Å². The second-order valence-electron chi connectivity index (χ2n) is 6.03. The summed E-state index contributed by atoms with van der Waals surface area (Å²) in [7, 11) is 3.11. The van der Waals surface area contributed by atoms with Crippen LogP contribution in [0.2, 0.25) is 0 Å². The van der Waals surface area contributed by atoms with Crippen molar-refractivity contribution in [2.75, 3.05) is 32.6 Å². The molecule has 2 amide bonds. The Balaban J connectivity index is 1.36. The van der Waals surface area contributed by atoms with E-state index in [1.165, 1.54) is 7.11 Å². The van der Waals surface area contributed by atoms with Crippen LogP contribution in [-0.2, 0) is 0 Å². The molecule has 0 bridgehead atoms. The number of furan rings is 1. The van der Waals surface area contributed by atoms with E-state index in [9.17, 15) is 4.79 Å². The summed E-state index contributed by atoms with van der Waals surface area (Å²) >= 11 is 0. The van der Waals surface area contributed by atoms with Crippen LogP contribution in [-0.4, -0.2) is 48.4 Å². The highest BCUT2D eigenvalue weighted by Crippen LogP contribution is 2.31. The molecule has 3 aromatic rings. The minimum absolute atomic E-state index is 0.00438. The fourth-order valence-electron chi connectivity index (χ4n) is 2.80. The van der Waals surface area contributed by atoms with Crippen LogP contribution < -0.4 is 14.8 Å². The van der Waals surface area contributed by atoms with Gasteiger partial charge in [0.25, 0.3) is 0 Å². The number of benzene rings is 1. The fourth-order valence-corrected chi connectivity index (χ4v) is 2.80. The number of carbonyl (C=O) groups excluding carboxylic acids is 1. The molecule has 1 aliphatic rings. The third kappa shape index (κ3) is 3.31. The summed E-state index contributed by atoms with van der Waals surface area (Å²) < 4.78 is 21.0. The summed E-state index contributed by atoms with van der Waals surface area (Å²) in [6.45, 7) is 0.980. The Hall–Kier alpha value is -3.49. The number of aromatic nitrogens is 2. The molecule has 0 saturated carbocycles. The largest absolute Gasteiger partial charge is 0.497 e. The Morgan fingerprint density at radius 3 is 2.81 bits per heavy atom. The molecule has 0 aliphatic carbocycles. The number of ether oxygens (including phenoxy) is 2. The lowest BCUT2D eigenvalue weighted by molar-refractivity contribution is 0.147. The Morgan fingerprint density at radius 1 is 1.26 bits per heavy atom. The van der Waals surface area contributed by atoms with E-state index in [4.69, 9.17) is 18.4 Å². The van der Waals surface area contributed by atoms with Crippen LogP contribution in [0, 0.1) is 0 Å². The van der Waals surface area contributed by atoms with Crippen molar-refractivity contribution in [2.45, 2.75) is 5.92 Å². The van der Waals surface area contributed by atoms with Crippen molar-refractivity contribution in [2.24, 2.45) is 0 Å². The normalized spacial score (nSPS) is 13.9. The maximum absolute atomic E-state index is 12.4. The molecule has 1 aromatic carbocycles. The number of anilines is 1. The monoisotopic (exact) mass is 370 g/mol. The van der Waals surface area contributed by atoms with Gasteiger partial charge in [0.2, 0.25) is 11.7 Å². The summed E-state index contributed by atoms with van der Waals surface area (Å²) in [5, 5.41) is 6.75. The smallest absolute Gasteiger partial charge is 0.321 e. The Labute approximate surface area is 154 Å². The number of hydrogen-bond donors (Lipinski definition) is 1. The van der Waals surface area contributed by atoms with Gasteiger partial charge in [0.05, 0.1) is 32.1 Å². The molecule has 1 saturated heterocycles. The predicted octanol–water partition coefficient (Wildman–Crippen LogP) is 2.98. The van der Waals surface area contributed by atoms with E-state index in [1.807, 2.05) is 0 Å². The summed E-state index contributed by atoms with van der Waals surface area (Å²) in [5.74, 6) is 2.63. The van der Waals surface area contributed by atoms with Crippen molar-refractivity contribution in [1.29, 1.82) is 0 Å². The zero-order valence-corrected chi connectivity index (χ0v) is 14.8. The van der Waals surface area contributed by atoms with Crippen LogP contribution in [0.4, 0.5) is 10.5 Å². The number of hydrogen-bond acceptors (Lipinski definition) is 7. The summed E-state index contributed by atoms with van der Waals surface area (Å²) in [6, 6.07) is 8.50. The Bertz CT molecular complexity index is 931. The average Bonchev–Trinajstić information content (AvgIpc) is 3.32. The average molecular weight is 370 g/mol. The minimum Gasteiger partial charge on any atom is -0.497 e. The lowest BCUT2D eigenvalue weighted by Crippen LogP contribution is -2.50. The van der Waals surface area contributed by atoms with Crippen LogP contribution in [0.1, 0.15) is 11.8 Å². The van der Waals surface area contributed by atoms with E-state index in [2.05, 4.69) is 15.5 Å². The van der Waals surface area contributed by atoms with E-state index >= 15 is 0 Å². The van der Waals surface area contributed by atoms with Crippen LogP contribution >= 0.6 is 0 Å². The topological polar surface area (TPSA) is 103 Å². The number of nitrogens with one attached hydrogen (secondary N) is 1. The van der Waals surface area contributed by atoms with Gasteiger partial charge >= 0.3 is 6.03 Å². The van der Waals surface area contributed by atoms with Gasteiger partial charge in [-0.15, -0.1) is 0 Å². The van der Waals surface area contributed by atoms with Crippen molar-refractivity contribution in [3.05, 3.63) is 42.5 Å². The maximum atomic E-state index is 12.4. The van der Waals surface area contributed by atoms with Gasteiger partial charge in [-0.2, -0.15) is 4.98 Å². The molecule has 3 heterocycles. The van der Waals surface area contributed by atoms with Gasteiger partial charge < -0.3 is 28.6 Å². The zero-order valence-electron chi connectivity index (χ0n) is 14.8. The standard InChI is InChI=1S/C18H18N4O5/c1-24-12-5-6-13(15(8-12)25-2)19-18(23)22-9-11(10-22)17-20-16(21-27-17)14-4-3-7-26-14/h3-8,11H,9-10H2,1-2H3,(H,19,23). The molecular formula is C18H18N4O5. The number of nitrogens with zero attached hydrogens (tertiary/aromatic N) is 3. The molecule has 1 N–H and O–H groups in total. The molecule has 0 radical (unpaired) electrons. The molecule has 0 atom stereocenters. The van der Waals surface area contributed by atoms with E-state index in [-0.39, 0.29) is 11.9 Å². The quantitative estimate of drug-likeness (QED) is 0.736. The predicted molar refractivity (Wildman–Crippen MR) is 94.9 cm³/mol. The molecule has 1 aliphatic heterocycles. The lowest BCUT2D eigenvalue weighted by Gasteiger charge is -2.36. The van der Waals surface area contributed by atoms with E-state index in [1.54, 1.807) is 48.6 Å². The van der Waals surface area contributed by atoms with Gasteiger partial charge in [-0.3, -0.25) is 0 Å². The molecule has 4 rings (SSSR count). The lowest BCUT2D eigenvalue weighted by atomic mass is 10.0. The molecule has 9 heteroatoms. The van der Waals surface area contributed by atoms with E-state index < -0.39 is 0 Å². The van der Waals surface area contributed by atoms with Crippen molar-refractivity contribution in [3.8, 4) is 23.1 Å². The van der Waals surface area contributed by atoms with Gasteiger partial charge in [-0.05, 0) is 24.3 Å². The number of rotatable bonds is 5. The Morgan fingerprint density at radius 2 is 2.11 bits per heavy atom. The molecule has 2 aromatic heterocycles. The van der Waals surface area contributed by atoms with E-state index in [0.717, 1.165) is 0 Å². The SMILES string of the molecule is COc1ccc(NC(=O)N2CC(c3nc(-c4ccco4)no3)C2)c(OC)c1. The summed E-state index contributed by atoms with van der Waals surface area (Å²) in [6.07, 6.45) is 1.55. The second kappa shape index (κ2) is 7.02. The third-order valence-corrected chi connectivity index (χ3v) is 4.35. The first-order valence-corrected chi connectivity index (χ1v) is 8.33. The molecule has 27 heavy (non-hydrogen) atoms. The van der Waals surface area contributed by atoms with Gasteiger partial charge in [0, 0.05) is 19.2 Å². The molecule has 140 valence electrons. The van der Waals surface area contributed by atoms with E-state index in [0.29, 0.717) is 47.8 Å². The van der Waals surface area contributed by atoms with Crippen molar-refractivity contribution >= 4 is 11.7 Å². The zero-order chi connectivity index (χ0) is 18.8. The van der Waals surface area contributed by atoms with Gasteiger partial charge in [-0.1, -0.05) is 5.16 Å². The van der Waals surface area contributed by atoms with Gasteiger partial charge in [-0.25, -0.2) is 4.79 Å². The highest BCUT2D eigenvalue weighted by Gasteiger charge is 2.36. The molecule has 1 fully saturated rings. The number of urea groups is 1. The first kappa shape index (κ1) is 17.0. The van der Waals surface area contributed by atoms with Crippen LogP contribution in [0.15, 0.2) is 45.5 Å². The van der Waals surface area contributed by atoms with Crippen molar-refractivity contribution < 1.29 is 23.2 Å². The van der Waals surface area contributed by atoms with Crippen LogP contribution in [0.3, 0.4) is 0 Å². The van der Waals surface area contributed by atoms with Crippen LogP contribution in [0.5, 0.6) is 11.5 Å². The summed E-state index contributed by atoms with van der Waals surface area (Å²) in [4.78, 5) is 18.4. The maximum Gasteiger partial charge on any atom is 0.321 e.